The van der Waals surface area contributed by atoms with Crippen LogP contribution < -0.4 is 5.73 Å². The van der Waals surface area contributed by atoms with Crippen LogP contribution in [0.1, 0.15) is 27.9 Å². The molecule has 2 N–H and O–H groups in total. The van der Waals surface area contributed by atoms with Crippen molar-refractivity contribution >= 4 is 11.8 Å². The number of amides is 2. The molecule has 3 rings (SSSR count). The summed E-state index contributed by atoms with van der Waals surface area (Å²) in [7, 11) is 0. The van der Waals surface area contributed by atoms with Gasteiger partial charge in [-0.05, 0) is 48.9 Å². The molecule has 1 saturated heterocycles. The minimum atomic E-state index is -0.357. The zero-order valence-corrected chi connectivity index (χ0v) is 14.6. The fraction of sp³-hybridized carbons (Fsp3) is 0.368. The number of benzene rings is 1. The highest BCUT2D eigenvalue weighted by Crippen LogP contribution is 2.29. The summed E-state index contributed by atoms with van der Waals surface area (Å²) in [5.74, 6) is -1.23. The SMILES string of the molecule is Cc1cc(F)ccc1CC1CN(C(=O)c2cncnc2)CCC1C(N)=O. The van der Waals surface area contributed by atoms with Crippen molar-refractivity contribution in [1.82, 2.24) is 14.9 Å². The molecular weight excluding hydrogens is 335 g/mol. The maximum absolute atomic E-state index is 13.3. The van der Waals surface area contributed by atoms with Crippen LogP contribution in [0.2, 0.25) is 0 Å². The molecule has 1 aliphatic rings. The van der Waals surface area contributed by atoms with Crippen LogP contribution in [0.5, 0.6) is 0 Å². The third-order valence-electron chi connectivity index (χ3n) is 4.98. The van der Waals surface area contributed by atoms with E-state index in [-0.39, 0.29) is 29.5 Å². The molecule has 0 aliphatic carbocycles. The summed E-state index contributed by atoms with van der Waals surface area (Å²) in [5.41, 5.74) is 7.79. The number of carbonyl (C=O) groups is 2. The quantitative estimate of drug-likeness (QED) is 0.903. The Morgan fingerprint density at radius 3 is 2.69 bits per heavy atom. The Morgan fingerprint density at radius 2 is 2.04 bits per heavy atom. The van der Waals surface area contributed by atoms with E-state index in [2.05, 4.69) is 9.97 Å². The van der Waals surface area contributed by atoms with Gasteiger partial charge < -0.3 is 10.6 Å². The van der Waals surface area contributed by atoms with Gasteiger partial charge in [0, 0.05) is 31.4 Å². The summed E-state index contributed by atoms with van der Waals surface area (Å²) < 4.78 is 13.3. The first-order valence-corrected chi connectivity index (χ1v) is 8.54. The van der Waals surface area contributed by atoms with Crippen LogP contribution in [0.15, 0.2) is 36.9 Å². The maximum Gasteiger partial charge on any atom is 0.257 e. The van der Waals surface area contributed by atoms with E-state index in [0.717, 1.165) is 11.1 Å². The van der Waals surface area contributed by atoms with Crippen molar-refractivity contribution in [2.75, 3.05) is 13.1 Å². The number of likely N-dealkylation sites (tertiary alicyclic amines) is 1. The molecule has 1 fully saturated rings. The van der Waals surface area contributed by atoms with E-state index >= 15 is 0 Å². The van der Waals surface area contributed by atoms with Crippen molar-refractivity contribution in [3.63, 3.8) is 0 Å². The van der Waals surface area contributed by atoms with Crippen molar-refractivity contribution in [3.05, 3.63) is 59.4 Å². The lowest BCUT2D eigenvalue weighted by molar-refractivity contribution is -0.125. The largest absolute Gasteiger partial charge is 0.369 e. The summed E-state index contributed by atoms with van der Waals surface area (Å²) >= 11 is 0. The number of aryl methyl sites for hydroxylation is 1. The van der Waals surface area contributed by atoms with Gasteiger partial charge >= 0.3 is 0 Å². The lowest BCUT2D eigenvalue weighted by Crippen LogP contribution is -2.48. The number of hydrogen-bond donors (Lipinski definition) is 1. The number of aromatic nitrogens is 2. The second-order valence-electron chi connectivity index (χ2n) is 6.71. The first-order chi connectivity index (χ1) is 12.5. The molecule has 1 aromatic carbocycles. The Balaban J connectivity index is 1.80. The van der Waals surface area contributed by atoms with Crippen LogP contribution in [-0.2, 0) is 11.2 Å². The van der Waals surface area contributed by atoms with E-state index in [1.807, 2.05) is 6.92 Å². The van der Waals surface area contributed by atoms with Crippen molar-refractivity contribution in [2.24, 2.45) is 17.6 Å². The summed E-state index contributed by atoms with van der Waals surface area (Å²) in [6.07, 6.45) is 5.41. The van der Waals surface area contributed by atoms with Crippen LogP contribution in [-0.4, -0.2) is 39.8 Å². The predicted molar refractivity (Wildman–Crippen MR) is 93.6 cm³/mol. The Hall–Kier alpha value is -2.83. The van der Waals surface area contributed by atoms with Gasteiger partial charge in [-0.1, -0.05) is 6.07 Å². The first kappa shape index (κ1) is 18.0. The molecule has 2 amide bonds. The lowest BCUT2D eigenvalue weighted by Gasteiger charge is -2.37. The highest BCUT2D eigenvalue weighted by Gasteiger charge is 2.35. The number of nitrogens with two attached hydrogens (primary N) is 1. The Labute approximate surface area is 151 Å². The second kappa shape index (κ2) is 7.59. The molecule has 2 heterocycles. The molecule has 6 nitrogen and oxygen atoms in total. The van der Waals surface area contributed by atoms with Crippen molar-refractivity contribution in [2.45, 2.75) is 19.8 Å². The standard InChI is InChI=1S/C19H21FN4O2/c1-12-6-16(20)3-2-13(12)7-14-10-24(5-4-17(14)18(21)25)19(26)15-8-22-11-23-9-15/h2-3,6,8-9,11,14,17H,4-5,7,10H2,1H3,(H2,21,25). The lowest BCUT2D eigenvalue weighted by atomic mass is 9.80. The molecule has 2 atom stereocenters. The van der Waals surface area contributed by atoms with Crippen LogP contribution in [0.3, 0.4) is 0 Å². The summed E-state index contributed by atoms with van der Waals surface area (Å²) in [6, 6.07) is 4.62. The molecule has 2 unspecified atom stereocenters. The van der Waals surface area contributed by atoms with Crippen LogP contribution in [0.25, 0.3) is 0 Å². The molecule has 2 aromatic rings. The number of halogens is 1. The van der Waals surface area contributed by atoms with Gasteiger partial charge in [-0.15, -0.1) is 0 Å². The molecule has 0 spiro atoms. The first-order valence-electron chi connectivity index (χ1n) is 8.54. The average molecular weight is 356 g/mol. The van der Waals surface area contributed by atoms with Crippen molar-refractivity contribution in [1.29, 1.82) is 0 Å². The monoisotopic (exact) mass is 356 g/mol. The molecule has 136 valence electrons. The minimum Gasteiger partial charge on any atom is -0.369 e. The van der Waals surface area contributed by atoms with Gasteiger partial charge in [0.05, 0.1) is 5.56 Å². The number of piperidine rings is 1. The molecule has 1 aliphatic heterocycles. The van der Waals surface area contributed by atoms with Crippen LogP contribution >= 0.6 is 0 Å². The fourth-order valence-corrected chi connectivity index (χ4v) is 3.56. The van der Waals surface area contributed by atoms with Crippen molar-refractivity contribution < 1.29 is 14.0 Å². The van der Waals surface area contributed by atoms with Crippen LogP contribution in [0, 0.1) is 24.6 Å². The van der Waals surface area contributed by atoms with Crippen molar-refractivity contribution in [3.8, 4) is 0 Å². The molecule has 1 aromatic heterocycles. The van der Waals surface area contributed by atoms with E-state index in [0.29, 0.717) is 31.5 Å². The molecule has 26 heavy (non-hydrogen) atoms. The van der Waals surface area contributed by atoms with E-state index < -0.39 is 0 Å². The topological polar surface area (TPSA) is 89.2 Å². The highest BCUT2D eigenvalue weighted by molar-refractivity contribution is 5.93. The summed E-state index contributed by atoms with van der Waals surface area (Å²) in [4.78, 5) is 34.0. The summed E-state index contributed by atoms with van der Waals surface area (Å²) in [5, 5.41) is 0. The minimum absolute atomic E-state index is 0.112. The van der Waals surface area contributed by atoms with E-state index in [1.54, 1.807) is 11.0 Å². The van der Waals surface area contributed by atoms with E-state index in [1.165, 1.54) is 30.9 Å². The van der Waals surface area contributed by atoms with E-state index in [4.69, 9.17) is 5.73 Å². The number of primary amides is 1. The van der Waals surface area contributed by atoms with Gasteiger partial charge in [-0.3, -0.25) is 9.59 Å². The van der Waals surface area contributed by atoms with Gasteiger partial charge in [-0.2, -0.15) is 0 Å². The molecule has 0 bridgehead atoms. The molecule has 7 heteroatoms. The third kappa shape index (κ3) is 3.87. The Bertz CT molecular complexity index is 812. The molecule has 0 saturated carbocycles. The zero-order valence-electron chi connectivity index (χ0n) is 14.6. The Kier molecular flexibility index (Phi) is 5.25. The number of nitrogens with zero attached hydrogens (tertiary/aromatic N) is 3. The zero-order chi connectivity index (χ0) is 18.7. The van der Waals surface area contributed by atoms with E-state index in [9.17, 15) is 14.0 Å². The van der Waals surface area contributed by atoms with Gasteiger partial charge in [0.25, 0.3) is 5.91 Å². The number of rotatable bonds is 4. The van der Waals surface area contributed by atoms with Gasteiger partial charge in [-0.25, -0.2) is 14.4 Å². The second-order valence-corrected chi connectivity index (χ2v) is 6.71. The van der Waals surface area contributed by atoms with Gasteiger partial charge in [0.2, 0.25) is 5.91 Å². The molecular formula is C19H21FN4O2. The Morgan fingerprint density at radius 1 is 1.31 bits per heavy atom. The smallest absolute Gasteiger partial charge is 0.257 e. The summed E-state index contributed by atoms with van der Waals surface area (Å²) in [6.45, 7) is 2.71. The highest BCUT2D eigenvalue weighted by atomic mass is 19.1. The fourth-order valence-electron chi connectivity index (χ4n) is 3.56. The van der Waals surface area contributed by atoms with Crippen LogP contribution in [0.4, 0.5) is 4.39 Å². The van der Waals surface area contributed by atoms with Gasteiger partial charge in [0.15, 0.2) is 0 Å². The number of hydrogen-bond acceptors (Lipinski definition) is 4. The molecule has 0 radical (unpaired) electrons. The van der Waals surface area contributed by atoms with Gasteiger partial charge in [0.1, 0.15) is 12.1 Å². The maximum atomic E-state index is 13.3. The predicted octanol–water partition coefficient (Wildman–Crippen LogP) is 1.73. The average Bonchev–Trinajstić information content (AvgIpc) is 2.64. The normalized spacial score (nSPS) is 20.0. The number of carbonyl (C=O) groups excluding carboxylic acids is 2. The third-order valence-corrected chi connectivity index (χ3v) is 4.98.